The van der Waals surface area contributed by atoms with Crippen LogP contribution < -0.4 is 0 Å². The molecule has 2 atom stereocenters. The Balaban J connectivity index is 2.42. The summed E-state index contributed by atoms with van der Waals surface area (Å²) in [5.74, 6) is 0. The zero-order chi connectivity index (χ0) is 7.02. The number of epoxide rings is 1. The lowest BCUT2D eigenvalue weighted by atomic mass is 10.4. The van der Waals surface area contributed by atoms with E-state index in [9.17, 15) is 9.59 Å². The van der Waals surface area contributed by atoms with Crippen LogP contribution in [0.25, 0.3) is 0 Å². The molecule has 1 saturated heterocycles. The lowest BCUT2D eigenvalue weighted by Crippen LogP contribution is -2.07. The van der Waals surface area contributed by atoms with Gasteiger partial charge in [0, 0.05) is 0 Å². The van der Waals surface area contributed by atoms with E-state index in [2.05, 4.69) is 30.0 Å². The molecule has 9 heavy (non-hydrogen) atoms. The van der Waals surface area contributed by atoms with Gasteiger partial charge in [-0.15, -0.1) is 25.3 Å². The molecule has 1 rings (SSSR count). The standard InChI is InChI=1S/C4H4O3S2/c5-3(8)1-2(7-1)4(6)9/h1-2H,(H,5,8)(H,6,9). The van der Waals surface area contributed by atoms with E-state index in [1.165, 1.54) is 0 Å². The first-order valence-corrected chi connectivity index (χ1v) is 3.13. The average molecular weight is 164 g/mol. The molecule has 0 aromatic carbocycles. The average Bonchev–Trinajstić information content (AvgIpc) is 2.39. The van der Waals surface area contributed by atoms with Gasteiger partial charge in [-0.25, -0.2) is 0 Å². The third-order valence-electron chi connectivity index (χ3n) is 0.978. The maximum Gasteiger partial charge on any atom is 0.217 e. The molecule has 0 aromatic heterocycles. The Kier molecular flexibility index (Phi) is 1.83. The van der Waals surface area contributed by atoms with Crippen LogP contribution in [0.1, 0.15) is 0 Å². The van der Waals surface area contributed by atoms with Crippen molar-refractivity contribution in [3.8, 4) is 0 Å². The molecule has 0 N–H and O–H groups in total. The smallest absolute Gasteiger partial charge is 0.217 e. The summed E-state index contributed by atoms with van der Waals surface area (Å²) in [5.41, 5.74) is 0. The summed E-state index contributed by atoms with van der Waals surface area (Å²) >= 11 is 6.92. The number of hydrogen-bond donors (Lipinski definition) is 2. The minimum absolute atomic E-state index is 0.414. The first-order valence-electron chi connectivity index (χ1n) is 2.24. The van der Waals surface area contributed by atoms with Gasteiger partial charge in [0.1, 0.15) is 0 Å². The van der Waals surface area contributed by atoms with Crippen molar-refractivity contribution in [1.29, 1.82) is 0 Å². The Morgan fingerprint density at radius 1 is 1.11 bits per heavy atom. The highest BCUT2D eigenvalue weighted by Crippen LogP contribution is 2.25. The van der Waals surface area contributed by atoms with Crippen molar-refractivity contribution in [1.82, 2.24) is 0 Å². The van der Waals surface area contributed by atoms with Crippen LogP contribution >= 0.6 is 25.3 Å². The molecular weight excluding hydrogens is 160 g/mol. The normalized spacial score (nSPS) is 31.8. The van der Waals surface area contributed by atoms with Crippen LogP contribution in [0.4, 0.5) is 0 Å². The van der Waals surface area contributed by atoms with E-state index >= 15 is 0 Å². The van der Waals surface area contributed by atoms with Crippen molar-refractivity contribution < 1.29 is 14.3 Å². The van der Waals surface area contributed by atoms with E-state index < -0.39 is 22.4 Å². The molecule has 5 heteroatoms. The summed E-state index contributed by atoms with van der Waals surface area (Å²) in [6.07, 6.45) is -1.28. The van der Waals surface area contributed by atoms with Gasteiger partial charge in [-0.2, -0.15) is 0 Å². The van der Waals surface area contributed by atoms with Gasteiger partial charge < -0.3 is 4.74 Å². The highest BCUT2D eigenvalue weighted by atomic mass is 32.1. The van der Waals surface area contributed by atoms with E-state index in [-0.39, 0.29) is 0 Å². The Hall–Kier alpha value is -0.000000000000000111. The van der Waals surface area contributed by atoms with Gasteiger partial charge in [0.05, 0.1) is 0 Å². The number of ether oxygens (including phenoxy) is 1. The van der Waals surface area contributed by atoms with E-state index in [1.54, 1.807) is 0 Å². The molecule has 1 fully saturated rings. The number of carbonyl (C=O) groups is 2. The second-order valence-electron chi connectivity index (χ2n) is 1.65. The topological polar surface area (TPSA) is 46.7 Å². The maximum absolute atomic E-state index is 10.3. The fraction of sp³-hybridized carbons (Fsp3) is 0.500. The van der Waals surface area contributed by atoms with Crippen LogP contribution in [0, 0.1) is 0 Å². The van der Waals surface area contributed by atoms with Crippen LogP contribution in [-0.2, 0) is 14.3 Å². The molecule has 50 valence electrons. The van der Waals surface area contributed by atoms with Gasteiger partial charge in [0.2, 0.25) is 10.2 Å². The summed E-state index contributed by atoms with van der Waals surface area (Å²) in [6.45, 7) is 0. The van der Waals surface area contributed by atoms with Gasteiger partial charge in [0.25, 0.3) is 0 Å². The van der Waals surface area contributed by atoms with Crippen molar-refractivity contribution in [2.24, 2.45) is 0 Å². The number of carbonyl (C=O) groups excluding carboxylic acids is 2. The zero-order valence-electron chi connectivity index (χ0n) is 4.27. The summed E-state index contributed by atoms with van der Waals surface area (Å²) in [5, 5.41) is -0.829. The Bertz CT molecular complexity index is 149. The third kappa shape index (κ3) is 1.47. The van der Waals surface area contributed by atoms with Crippen molar-refractivity contribution in [2.75, 3.05) is 0 Å². The molecule has 1 aliphatic rings. The van der Waals surface area contributed by atoms with Crippen LogP contribution in [0.2, 0.25) is 0 Å². The molecule has 0 radical (unpaired) electrons. The molecule has 1 aliphatic heterocycles. The number of thiol groups is 2. The molecule has 1 heterocycles. The zero-order valence-corrected chi connectivity index (χ0v) is 6.06. The Morgan fingerprint density at radius 2 is 1.44 bits per heavy atom. The summed E-state index contributed by atoms with van der Waals surface area (Å²) in [6, 6.07) is 0. The van der Waals surface area contributed by atoms with Crippen LogP contribution in [-0.4, -0.2) is 22.4 Å². The van der Waals surface area contributed by atoms with E-state index in [1.807, 2.05) is 0 Å². The van der Waals surface area contributed by atoms with Crippen molar-refractivity contribution in [2.45, 2.75) is 12.2 Å². The monoisotopic (exact) mass is 164 g/mol. The van der Waals surface area contributed by atoms with Gasteiger partial charge in [-0.3, -0.25) is 9.59 Å². The SMILES string of the molecule is O=C(S)C1OC1C(=O)S. The molecule has 3 nitrogen and oxygen atoms in total. The highest BCUT2D eigenvalue weighted by Gasteiger charge is 2.47. The van der Waals surface area contributed by atoms with E-state index in [4.69, 9.17) is 0 Å². The molecule has 0 aliphatic carbocycles. The van der Waals surface area contributed by atoms with Gasteiger partial charge >= 0.3 is 0 Å². The predicted octanol–water partition coefficient (Wildman–Crippen LogP) is -0.333. The summed E-state index contributed by atoms with van der Waals surface area (Å²) < 4.78 is 4.59. The van der Waals surface area contributed by atoms with Gasteiger partial charge in [-0.05, 0) is 0 Å². The third-order valence-corrected chi connectivity index (χ3v) is 1.49. The maximum atomic E-state index is 10.3. The first-order chi connectivity index (χ1) is 4.13. The fourth-order valence-electron chi connectivity index (χ4n) is 0.488. The van der Waals surface area contributed by atoms with Gasteiger partial charge in [-0.1, -0.05) is 0 Å². The van der Waals surface area contributed by atoms with Gasteiger partial charge in [0.15, 0.2) is 12.2 Å². The quantitative estimate of drug-likeness (QED) is 0.434. The van der Waals surface area contributed by atoms with Crippen LogP contribution in [0.5, 0.6) is 0 Å². The minimum atomic E-state index is -0.640. The molecule has 0 bridgehead atoms. The predicted molar refractivity (Wildman–Crippen MR) is 36.6 cm³/mol. The fourth-order valence-corrected chi connectivity index (χ4v) is 0.880. The molecular formula is C4H4O3S2. The minimum Gasteiger partial charge on any atom is -0.351 e. The molecule has 0 aromatic rings. The molecule has 0 saturated carbocycles. The lowest BCUT2D eigenvalue weighted by Gasteiger charge is -1.78. The molecule has 0 amide bonds. The largest absolute Gasteiger partial charge is 0.351 e. The van der Waals surface area contributed by atoms with Crippen LogP contribution in [0.15, 0.2) is 0 Å². The first kappa shape index (κ1) is 7.11. The number of rotatable bonds is 2. The second-order valence-corrected chi connectivity index (χ2v) is 2.54. The van der Waals surface area contributed by atoms with E-state index in [0.29, 0.717) is 0 Å². The van der Waals surface area contributed by atoms with E-state index in [0.717, 1.165) is 0 Å². The van der Waals surface area contributed by atoms with Crippen LogP contribution in [0.3, 0.4) is 0 Å². The lowest BCUT2D eigenvalue weighted by molar-refractivity contribution is -0.113. The summed E-state index contributed by atoms with van der Waals surface area (Å²) in [7, 11) is 0. The molecule has 0 spiro atoms. The highest BCUT2D eigenvalue weighted by molar-refractivity contribution is 7.97. The second kappa shape index (κ2) is 2.32. The Morgan fingerprint density at radius 3 is 1.56 bits per heavy atom. The summed E-state index contributed by atoms with van der Waals surface area (Å²) in [4.78, 5) is 20.5. The molecule has 2 unspecified atom stereocenters. The van der Waals surface area contributed by atoms with Crippen molar-refractivity contribution >= 4 is 35.5 Å². The number of hydrogen-bond acceptors (Lipinski definition) is 3. The van der Waals surface area contributed by atoms with Crippen molar-refractivity contribution in [3.05, 3.63) is 0 Å². The Labute approximate surface area is 62.6 Å². The van der Waals surface area contributed by atoms with Crippen molar-refractivity contribution in [3.63, 3.8) is 0 Å².